The second-order valence-corrected chi connectivity index (χ2v) is 7.76. The van der Waals surface area contributed by atoms with Gasteiger partial charge in [-0.2, -0.15) is 0 Å². The molecule has 3 aromatic rings. The summed E-state index contributed by atoms with van der Waals surface area (Å²) in [6.45, 7) is 3.51. The van der Waals surface area contributed by atoms with E-state index in [9.17, 15) is 14.4 Å². The number of carboxylic acid groups (broad SMARTS) is 2. The summed E-state index contributed by atoms with van der Waals surface area (Å²) >= 11 is 0. The predicted octanol–water partition coefficient (Wildman–Crippen LogP) is 2.94. The Bertz CT molecular complexity index is 1270. The number of hydrogen-bond acceptors (Lipinski definition) is 6. The highest BCUT2D eigenvalue weighted by Gasteiger charge is 2.32. The van der Waals surface area contributed by atoms with Gasteiger partial charge in [-0.15, -0.1) is 0 Å². The number of aliphatic carboxylic acids is 2. The molecule has 4 rings (SSSR count). The third kappa shape index (κ3) is 4.93. The predicted molar refractivity (Wildman–Crippen MR) is 125 cm³/mol. The molecule has 1 aliphatic heterocycles. The summed E-state index contributed by atoms with van der Waals surface area (Å²) in [7, 11) is 5.66. The maximum atomic E-state index is 13.3. The molecule has 9 heteroatoms. The van der Waals surface area contributed by atoms with Gasteiger partial charge in [0.25, 0.3) is 5.91 Å². The molecule has 1 amide bonds. The first-order valence-corrected chi connectivity index (χ1v) is 10.2. The molecule has 0 atom stereocenters. The van der Waals surface area contributed by atoms with Crippen molar-refractivity contribution in [2.24, 2.45) is 0 Å². The van der Waals surface area contributed by atoms with Gasteiger partial charge in [0.15, 0.2) is 0 Å². The number of rotatable bonds is 6. The van der Waals surface area contributed by atoms with Crippen molar-refractivity contribution in [1.82, 2.24) is 9.88 Å². The monoisotopic (exact) mass is 451 g/mol. The van der Waals surface area contributed by atoms with Crippen LogP contribution in [0.5, 0.6) is 5.75 Å². The van der Waals surface area contributed by atoms with E-state index in [4.69, 9.17) is 19.9 Å². The van der Waals surface area contributed by atoms with Crippen molar-refractivity contribution >= 4 is 45.3 Å². The number of carbonyl (C=O) groups excluding carboxylic acids is 1. The number of nitrogens with zero attached hydrogens (tertiary/aromatic N) is 3. The van der Waals surface area contributed by atoms with Crippen molar-refractivity contribution < 1.29 is 29.3 Å². The van der Waals surface area contributed by atoms with Crippen LogP contribution >= 0.6 is 0 Å². The smallest absolute Gasteiger partial charge is 0.328 e. The lowest BCUT2D eigenvalue weighted by molar-refractivity contribution is -0.134. The lowest BCUT2D eigenvalue weighted by Gasteiger charge is -2.20. The molecule has 1 aromatic heterocycles. The summed E-state index contributed by atoms with van der Waals surface area (Å²) in [5.74, 6) is -1.73. The van der Waals surface area contributed by atoms with E-state index in [2.05, 4.69) is 4.90 Å². The second-order valence-electron chi connectivity index (χ2n) is 7.76. The normalized spacial score (nSPS) is 12.5. The fourth-order valence-corrected chi connectivity index (χ4v) is 3.63. The lowest BCUT2D eigenvalue weighted by Crippen LogP contribution is -2.34. The van der Waals surface area contributed by atoms with Crippen LogP contribution in [0.1, 0.15) is 15.9 Å². The molecule has 2 N–H and O–H groups in total. The van der Waals surface area contributed by atoms with E-state index < -0.39 is 11.9 Å². The minimum atomic E-state index is -1.26. The molecule has 2 aromatic carbocycles. The summed E-state index contributed by atoms with van der Waals surface area (Å²) in [5.41, 5.74) is 4.52. The van der Waals surface area contributed by atoms with E-state index in [1.54, 1.807) is 7.11 Å². The van der Waals surface area contributed by atoms with Gasteiger partial charge in [-0.3, -0.25) is 4.79 Å². The first-order valence-electron chi connectivity index (χ1n) is 10.2. The molecule has 0 spiro atoms. The molecule has 0 bridgehead atoms. The van der Waals surface area contributed by atoms with Crippen molar-refractivity contribution in [2.75, 3.05) is 39.2 Å². The summed E-state index contributed by atoms with van der Waals surface area (Å²) in [5, 5.41) is 17.4. The third-order valence-corrected chi connectivity index (χ3v) is 5.20. The summed E-state index contributed by atoms with van der Waals surface area (Å²) in [4.78, 5) is 41.2. The van der Waals surface area contributed by atoms with Crippen LogP contribution < -0.4 is 9.64 Å². The van der Waals surface area contributed by atoms with Crippen LogP contribution in [0.15, 0.2) is 42.5 Å². The standard InChI is InChI=1S/C20H21N3O2.C4H4O4/c1-12-5-8-16-18-17(20(24)23(16)10-9-22(2)3)14-11-13(25-4)6-7-15(14)21-19(12)18;5-3(6)1-2-4(7)8/h5-8,11H,9-10H2,1-4H3;1-2H,(H,5,6)(H,7,8)/b;2-1+. The number of fused-ring (bicyclic) bond motifs is 2. The molecular formula is C24H25N3O6. The fraction of sp³-hybridized carbons (Fsp3) is 0.250. The zero-order chi connectivity index (χ0) is 24.3. The number of hydrogen-bond donors (Lipinski definition) is 2. The van der Waals surface area contributed by atoms with E-state index in [0.717, 1.165) is 50.9 Å². The highest BCUT2D eigenvalue weighted by Crippen LogP contribution is 2.41. The molecule has 2 heterocycles. The number of amides is 1. The Morgan fingerprint density at radius 3 is 2.36 bits per heavy atom. The Hall–Kier alpha value is -3.98. The summed E-state index contributed by atoms with van der Waals surface area (Å²) in [6, 6.07) is 9.80. The number of pyridine rings is 1. The highest BCUT2D eigenvalue weighted by molar-refractivity contribution is 6.30. The van der Waals surface area contributed by atoms with Crippen molar-refractivity contribution in [1.29, 1.82) is 0 Å². The van der Waals surface area contributed by atoms with E-state index >= 15 is 0 Å². The number of anilines is 1. The zero-order valence-electron chi connectivity index (χ0n) is 18.8. The average molecular weight is 451 g/mol. The van der Waals surface area contributed by atoms with Crippen LogP contribution in [0.2, 0.25) is 0 Å². The van der Waals surface area contributed by atoms with Crippen molar-refractivity contribution in [2.45, 2.75) is 6.92 Å². The maximum absolute atomic E-state index is 13.3. The number of likely N-dealkylation sites (N-methyl/N-ethyl adjacent to an activating group) is 1. The topological polar surface area (TPSA) is 120 Å². The van der Waals surface area contributed by atoms with E-state index in [1.807, 2.05) is 56.3 Å². The van der Waals surface area contributed by atoms with Gasteiger partial charge in [0.1, 0.15) is 5.75 Å². The van der Waals surface area contributed by atoms with Gasteiger partial charge in [-0.25, -0.2) is 14.6 Å². The van der Waals surface area contributed by atoms with Gasteiger partial charge < -0.3 is 24.7 Å². The van der Waals surface area contributed by atoms with Crippen LogP contribution in [-0.2, 0) is 9.59 Å². The van der Waals surface area contributed by atoms with Crippen LogP contribution in [0.25, 0.3) is 21.8 Å². The Morgan fingerprint density at radius 2 is 1.79 bits per heavy atom. The van der Waals surface area contributed by atoms with Crippen molar-refractivity contribution in [3.8, 4) is 5.75 Å². The molecular weight excluding hydrogens is 426 g/mol. The number of ether oxygens (including phenoxy) is 1. The number of carbonyl (C=O) groups is 3. The average Bonchev–Trinajstić information content (AvgIpc) is 3.05. The first kappa shape index (κ1) is 23.7. The molecule has 1 aliphatic rings. The number of aryl methyl sites for hydroxylation is 1. The zero-order valence-corrected chi connectivity index (χ0v) is 18.8. The lowest BCUT2D eigenvalue weighted by atomic mass is 10.0. The fourth-order valence-electron chi connectivity index (χ4n) is 3.63. The summed E-state index contributed by atoms with van der Waals surface area (Å²) < 4.78 is 5.36. The van der Waals surface area contributed by atoms with Gasteiger partial charge in [-0.1, -0.05) is 6.07 Å². The van der Waals surface area contributed by atoms with Crippen LogP contribution in [0.3, 0.4) is 0 Å². The molecule has 0 saturated carbocycles. The molecule has 0 saturated heterocycles. The second kappa shape index (κ2) is 9.66. The van der Waals surface area contributed by atoms with Crippen LogP contribution in [0.4, 0.5) is 5.69 Å². The number of carboxylic acids is 2. The van der Waals surface area contributed by atoms with Gasteiger partial charge in [0.2, 0.25) is 0 Å². The minimum Gasteiger partial charge on any atom is -0.497 e. The SMILES string of the molecule is COc1ccc2nc3c(C)ccc4c3c(c2c1)C(=O)N4CCN(C)C.O=C(O)/C=C/C(=O)O. The molecule has 0 unspecified atom stereocenters. The molecule has 0 fully saturated rings. The molecule has 33 heavy (non-hydrogen) atoms. The Balaban J connectivity index is 0.000000331. The largest absolute Gasteiger partial charge is 0.497 e. The Kier molecular flexibility index (Phi) is 6.93. The van der Waals surface area contributed by atoms with Crippen LogP contribution in [-0.4, -0.2) is 72.2 Å². The van der Waals surface area contributed by atoms with Crippen molar-refractivity contribution in [3.05, 3.63) is 53.6 Å². The summed E-state index contributed by atoms with van der Waals surface area (Å²) in [6.07, 6.45) is 1.12. The van der Waals surface area contributed by atoms with E-state index in [-0.39, 0.29) is 5.91 Å². The molecule has 0 radical (unpaired) electrons. The molecule has 9 nitrogen and oxygen atoms in total. The first-order chi connectivity index (χ1) is 15.6. The third-order valence-electron chi connectivity index (χ3n) is 5.20. The van der Waals surface area contributed by atoms with Gasteiger partial charge in [0.05, 0.1) is 29.4 Å². The highest BCUT2D eigenvalue weighted by atomic mass is 16.5. The maximum Gasteiger partial charge on any atom is 0.328 e. The van der Waals surface area contributed by atoms with E-state index in [1.165, 1.54) is 0 Å². The van der Waals surface area contributed by atoms with E-state index in [0.29, 0.717) is 18.7 Å². The van der Waals surface area contributed by atoms with Gasteiger partial charge >= 0.3 is 11.9 Å². The van der Waals surface area contributed by atoms with Crippen LogP contribution in [0, 0.1) is 6.92 Å². The van der Waals surface area contributed by atoms with Crippen molar-refractivity contribution in [3.63, 3.8) is 0 Å². The molecule has 0 aliphatic carbocycles. The van der Waals surface area contributed by atoms with Gasteiger partial charge in [-0.05, 0) is 50.8 Å². The Morgan fingerprint density at radius 1 is 1.12 bits per heavy atom. The number of methoxy groups -OCH3 is 1. The minimum absolute atomic E-state index is 0.0492. The van der Waals surface area contributed by atoms with Gasteiger partial charge in [0, 0.05) is 36.0 Å². The quantitative estimate of drug-likeness (QED) is 0.434. The number of benzene rings is 2. The Labute approximate surface area is 190 Å². The number of aromatic nitrogens is 1. The molecule has 172 valence electrons.